The Bertz CT molecular complexity index is 1040. The zero-order chi connectivity index (χ0) is 21.5. The molecule has 0 saturated carbocycles. The van der Waals surface area contributed by atoms with Gasteiger partial charge in [-0.3, -0.25) is 14.4 Å². The fourth-order valence-corrected chi connectivity index (χ4v) is 2.61. The third-order valence-electron chi connectivity index (χ3n) is 4.19. The molecular weight excluding hydrogens is 388 g/mol. The van der Waals surface area contributed by atoms with Crippen LogP contribution in [0.4, 0.5) is 5.69 Å². The first-order valence-electron chi connectivity index (χ1n) is 9.11. The molecule has 0 saturated heterocycles. The number of carbonyl (C=O) groups is 3. The number of aryl methyl sites for hydroxylation is 1. The Hall–Kier alpha value is -4.07. The van der Waals surface area contributed by atoms with Crippen LogP contribution in [0.25, 0.3) is 0 Å². The second-order valence-corrected chi connectivity index (χ2v) is 6.40. The molecule has 30 heavy (non-hydrogen) atoms. The van der Waals surface area contributed by atoms with Crippen molar-refractivity contribution in [3.8, 4) is 5.75 Å². The van der Waals surface area contributed by atoms with Crippen molar-refractivity contribution in [2.24, 2.45) is 0 Å². The number of furan rings is 1. The van der Waals surface area contributed by atoms with Gasteiger partial charge >= 0.3 is 5.97 Å². The number of hydrogen-bond donors (Lipinski definition) is 3. The SMILES string of the molecule is Cc1oc(C(=O)Nc2ccc(C(=O)NCC(=O)O)cc2)cc1COc1ccccc1. The first-order chi connectivity index (χ1) is 14.4. The number of para-hydroxylation sites is 1. The van der Waals surface area contributed by atoms with Crippen molar-refractivity contribution >= 4 is 23.5 Å². The summed E-state index contributed by atoms with van der Waals surface area (Å²) in [4.78, 5) is 34.8. The highest BCUT2D eigenvalue weighted by molar-refractivity contribution is 6.03. The first-order valence-corrected chi connectivity index (χ1v) is 9.11. The fourth-order valence-electron chi connectivity index (χ4n) is 2.61. The topological polar surface area (TPSA) is 118 Å². The molecule has 1 heterocycles. The van der Waals surface area contributed by atoms with Crippen molar-refractivity contribution < 1.29 is 28.6 Å². The van der Waals surface area contributed by atoms with Gasteiger partial charge < -0.3 is 24.9 Å². The van der Waals surface area contributed by atoms with Crippen LogP contribution < -0.4 is 15.4 Å². The van der Waals surface area contributed by atoms with Crippen LogP contribution in [0.5, 0.6) is 5.75 Å². The van der Waals surface area contributed by atoms with Gasteiger partial charge in [-0.2, -0.15) is 0 Å². The number of carbonyl (C=O) groups excluding carboxylic acids is 2. The molecular formula is C22H20N2O6. The van der Waals surface area contributed by atoms with Crippen molar-refractivity contribution in [2.45, 2.75) is 13.5 Å². The van der Waals surface area contributed by atoms with Crippen LogP contribution in [0.15, 0.2) is 65.1 Å². The van der Waals surface area contributed by atoms with Gasteiger partial charge in [-0.05, 0) is 49.4 Å². The van der Waals surface area contributed by atoms with Gasteiger partial charge in [0.05, 0.1) is 0 Å². The maximum atomic E-state index is 12.5. The average Bonchev–Trinajstić information content (AvgIpc) is 3.12. The number of aliphatic carboxylic acids is 1. The summed E-state index contributed by atoms with van der Waals surface area (Å²) >= 11 is 0. The van der Waals surface area contributed by atoms with Crippen molar-refractivity contribution in [2.75, 3.05) is 11.9 Å². The van der Waals surface area contributed by atoms with E-state index in [0.29, 0.717) is 11.4 Å². The molecule has 1 aromatic heterocycles. The van der Waals surface area contributed by atoms with Gasteiger partial charge in [0.25, 0.3) is 11.8 Å². The van der Waals surface area contributed by atoms with Crippen molar-refractivity contribution in [3.63, 3.8) is 0 Å². The highest BCUT2D eigenvalue weighted by Gasteiger charge is 2.15. The third-order valence-corrected chi connectivity index (χ3v) is 4.19. The van der Waals surface area contributed by atoms with Crippen molar-refractivity contribution in [1.82, 2.24) is 5.32 Å². The van der Waals surface area contributed by atoms with Crippen LogP contribution in [-0.2, 0) is 11.4 Å². The van der Waals surface area contributed by atoms with Gasteiger partial charge in [-0.25, -0.2) is 0 Å². The zero-order valence-electron chi connectivity index (χ0n) is 16.2. The molecule has 0 atom stereocenters. The van der Waals surface area contributed by atoms with E-state index in [1.165, 1.54) is 12.1 Å². The standard InChI is InChI=1S/C22H20N2O6/c1-14-16(13-29-18-5-3-2-4-6-18)11-19(30-14)22(28)24-17-9-7-15(8-10-17)21(27)23-12-20(25)26/h2-11H,12-13H2,1H3,(H,23,27)(H,24,28)(H,25,26). The van der Waals surface area contributed by atoms with E-state index in [-0.39, 0.29) is 17.9 Å². The third kappa shape index (κ3) is 5.48. The smallest absolute Gasteiger partial charge is 0.322 e. The van der Waals surface area contributed by atoms with Crippen molar-refractivity contribution in [3.05, 3.63) is 83.3 Å². The Kier molecular flexibility index (Phi) is 6.49. The molecule has 0 aliphatic rings. The van der Waals surface area contributed by atoms with Gasteiger partial charge in [0, 0.05) is 16.8 Å². The molecule has 3 aromatic rings. The number of hydrogen-bond acceptors (Lipinski definition) is 5. The van der Waals surface area contributed by atoms with E-state index in [0.717, 1.165) is 11.3 Å². The quantitative estimate of drug-likeness (QED) is 0.527. The molecule has 0 unspecified atom stereocenters. The lowest BCUT2D eigenvalue weighted by Crippen LogP contribution is -2.29. The normalized spacial score (nSPS) is 10.3. The van der Waals surface area contributed by atoms with E-state index in [9.17, 15) is 14.4 Å². The second kappa shape index (κ2) is 9.42. The molecule has 3 N–H and O–H groups in total. The van der Waals surface area contributed by atoms with Crippen LogP contribution in [-0.4, -0.2) is 29.4 Å². The molecule has 0 radical (unpaired) electrons. The summed E-state index contributed by atoms with van der Waals surface area (Å²) in [7, 11) is 0. The largest absolute Gasteiger partial charge is 0.489 e. The second-order valence-electron chi connectivity index (χ2n) is 6.40. The predicted molar refractivity (Wildman–Crippen MR) is 109 cm³/mol. The van der Waals surface area contributed by atoms with Gasteiger partial charge in [0.2, 0.25) is 0 Å². The average molecular weight is 408 g/mol. The number of rotatable bonds is 8. The zero-order valence-corrected chi connectivity index (χ0v) is 16.2. The first kappa shape index (κ1) is 20.7. The minimum absolute atomic E-state index is 0.141. The lowest BCUT2D eigenvalue weighted by molar-refractivity contribution is -0.135. The van der Waals surface area contributed by atoms with Crippen LogP contribution in [0.1, 0.15) is 32.2 Å². The lowest BCUT2D eigenvalue weighted by Gasteiger charge is -2.05. The molecule has 8 heteroatoms. The lowest BCUT2D eigenvalue weighted by atomic mass is 10.2. The molecule has 0 bridgehead atoms. The highest BCUT2D eigenvalue weighted by Crippen LogP contribution is 2.19. The van der Waals surface area contributed by atoms with E-state index < -0.39 is 24.3 Å². The Balaban J connectivity index is 1.59. The summed E-state index contributed by atoms with van der Waals surface area (Å²) < 4.78 is 11.2. The number of amides is 2. The number of benzene rings is 2. The van der Waals surface area contributed by atoms with Crippen LogP contribution in [0, 0.1) is 6.92 Å². The summed E-state index contributed by atoms with van der Waals surface area (Å²) in [6.45, 7) is 1.56. The summed E-state index contributed by atoms with van der Waals surface area (Å²) in [5.41, 5.74) is 1.50. The van der Waals surface area contributed by atoms with Crippen molar-refractivity contribution in [1.29, 1.82) is 0 Å². The molecule has 8 nitrogen and oxygen atoms in total. The van der Waals surface area contributed by atoms with E-state index in [2.05, 4.69) is 10.6 Å². The Morgan fingerprint density at radius 1 is 1.00 bits per heavy atom. The van der Waals surface area contributed by atoms with Crippen LogP contribution >= 0.6 is 0 Å². The number of carboxylic acids is 1. The van der Waals surface area contributed by atoms with Gasteiger partial charge in [0.15, 0.2) is 5.76 Å². The van der Waals surface area contributed by atoms with E-state index >= 15 is 0 Å². The van der Waals surface area contributed by atoms with Gasteiger partial charge in [-0.1, -0.05) is 18.2 Å². The number of carboxylic acid groups (broad SMARTS) is 1. The maximum absolute atomic E-state index is 12.5. The van der Waals surface area contributed by atoms with Crippen LogP contribution in [0.2, 0.25) is 0 Å². The Labute approximate surface area is 172 Å². The minimum Gasteiger partial charge on any atom is -0.489 e. The number of nitrogens with one attached hydrogen (secondary N) is 2. The van der Waals surface area contributed by atoms with Gasteiger partial charge in [0.1, 0.15) is 24.7 Å². The summed E-state index contributed by atoms with van der Waals surface area (Å²) in [6.07, 6.45) is 0. The van der Waals surface area contributed by atoms with E-state index in [1.807, 2.05) is 30.3 Å². The summed E-state index contributed by atoms with van der Waals surface area (Å²) in [6, 6.07) is 17.0. The molecule has 0 fully saturated rings. The molecule has 0 spiro atoms. The minimum atomic E-state index is -1.13. The fraction of sp³-hybridized carbons (Fsp3) is 0.136. The Morgan fingerprint density at radius 2 is 1.70 bits per heavy atom. The monoisotopic (exact) mass is 408 g/mol. The maximum Gasteiger partial charge on any atom is 0.322 e. The Morgan fingerprint density at radius 3 is 2.37 bits per heavy atom. The van der Waals surface area contributed by atoms with E-state index in [1.54, 1.807) is 25.1 Å². The molecule has 0 aliphatic heterocycles. The predicted octanol–water partition coefficient (Wildman–Crippen LogP) is 3.23. The molecule has 154 valence electrons. The van der Waals surface area contributed by atoms with Crippen LogP contribution in [0.3, 0.4) is 0 Å². The number of ether oxygens (including phenoxy) is 1. The molecule has 0 aliphatic carbocycles. The highest BCUT2D eigenvalue weighted by atomic mass is 16.5. The van der Waals surface area contributed by atoms with Gasteiger partial charge in [-0.15, -0.1) is 0 Å². The van der Waals surface area contributed by atoms with E-state index in [4.69, 9.17) is 14.3 Å². The summed E-state index contributed by atoms with van der Waals surface area (Å²) in [5.74, 6) is -0.637. The molecule has 3 rings (SSSR count). The molecule has 2 amide bonds. The number of anilines is 1. The summed E-state index contributed by atoms with van der Waals surface area (Å²) in [5, 5.41) is 13.5. The molecule has 2 aromatic carbocycles.